The fraction of sp³-hybridized carbons (Fsp3) is 0.500. The molecule has 1 heterocycles. The van der Waals surface area contributed by atoms with Crippen molar-refractivity contribution in [2.45, 2.75) is 24.1 Å². The summed E-state index contributed by atoms with van der Waals surface area (Å²) in [6, 6.07) is 4.42. The number of halogens is 1. The van der Waals surface area contributed by atoms with E-state index < -0.39 is 15.1 Å². The number of benzene rings is 1. The zero-order valence-electron chi connectivity index (χ0n) is 9.32. The average molecular weight is 255 g/mol. The van der Waals surface area contributed by atoms with Crippen molar-refractivity contribution in [2.24, 2.45) is 0 Å². The SMILES string of the molecule is O=S1(=O)CCCNC2c3ccc(F)cc3CC21. The molecule has 1 aromatic rings. The monoisotopic (exact) mass is 255 g/mol. The van der Waals surface area contributed by atoms with Crippen LogP contribution in [-0.4, -0.2) is 26.0 Å². The maximum Gasteiger partial charge on any atom is 0.155 e. The average Bonchev–Trinajstić information content (AvgIpc) is 2.56. The summed E-state index contributed by atoms with van der Waals surface area (Å²) in [6.45, 7) is 0.706. The predicted molar refractivity (Wildman–Crippen MR) is 63.0 cm³/mol. The van der Waals surface area contributed by atoms with Crippen LogP contribution in [0.4, 0.5) is 4.39 Å². The van der Waals surface area contributed by atoms with Crippen LogP contribution in [0.2, 0.25) is 0 Å². The normalized spacial score (nSPS) is 30.4. The molecule has 0 spiro atoms. The molecule has 1 aliphatic heterocycles. The van der Waals surface area contributed by atoms with Gasteiger partial charge in [0.2, 0.25) is 0 Å². The summed E-state index contributed by atoms with van der Waals surface area (Å²) in [6.07, 6.45) is 1.10. The molecular weight excluding hydrogens is 241 g/mol. The third-order valence-corrected chi connectivity index (χ3v) is 5.88. The summed E-state index contributed by atoms with van der Waals surface area (Å²) in [4.78, 5) is 0. The molecule has 0 bridgehead atoms. The van der Waals surface area contributed by atoms with Gasteiger partial charge in [-0.3, -0.25) is 0 Å². The van der Waals surface area contributed by atoms with Crippen LogP contribution in [-0.2, 0) is 16.3 Å². The standard InChI is InChI=1S/C12H14FNO2S/c13-9-2-3-10-8(6-9)7-11-12(10)14-4-1-5-17(11,15)16/h2-3,6,11-12,14H,1,4-5,7H2. The highest BCUT2D eigenvalue weighted by Crippen LogP contribution is 2.37. The van der Waals surface area contributed by atoms with Crippen molar-refractivity contribution >= 4 is 9.84 Å². The van der Waals surface area contributed by atoms with Crippen LogP contribution in [0, 0.1) is 5.82 Å². The second kappa shape index (κ2) is 3.78. The summed E-state index contributed by atoms with van der Waals surface area (Å²) in [7, 11) is -3.06. The minimum atomic E-state index is -3.06. The van der Waals surface area contributed by atoms with Crippen molar-refractivity contribution in [1.29, 1.82) is 0 Å². The van der Waals surface area contributed by atoms with Crippen molar-refractivity contribution in [3.05, 3.63) is 35.1 Å². The van der Waals surface area contributed by atoms with Gasteiger partial charge in [-0.15, -0.1) is 0 Å². The minimum Gasteiger partial charge on any atom is -0.309 e. The van der Waals surface area contributed by atoms with Gasteiger partial charge in [0.15, 0.2) is 9.84 Å². The zero-order chi connectivity index (χ0) is 12.0. The van der Waals surface area contributed by atoms with Crippen LogP contribution in [0.15, 0.2) is 18.2 Å². The van der Waals surface area contributed by atoms with E-state index in [2.05, 4.69) is 5.32 Å². The fourth-order valence-electron chi connectivity index (χ4n) is 2.85. The Hall–Kier alpha value is -0.940. The molecule has 3 rings (SSSR count). The van der Waals surface area contributed by atoms with Crippen molar-refractivity contribution in [2.75, 3.05) is 12.3 Å². The van der Waals surface area contributed by atoms with Crippen LogP contribution in [0.5, 0.6) is 0 Å². The molecule has 1 aromatic carbocycles. The molecule has 92 valence electrons. The van der Waals surface area contributed by atoms with Crippen LogP contribution >= 0.6 is 0 Å². The van der Waals surface area contributed by atoms with E-state index in [1.807, 2.05) is 0 Å². The molecule has 1 saturated heterocycles. The lowest BCUT2D eigenvalue weighted by Crippen LogP contribution is -2.32. The van der Waals surface area contributed by atoms with Gasteiger partial charge < -0.3 is 5.32 Å². The van der Waals surface area contributed by atoms with Gasteiger partial charge in [-0.2, -0.15) is 0 Å². The molecule has 17 heavy (non-hydrogen) atoms. The summed E-state index contributed by atoms with van der Waals surface area (Å²) in [5.41, 5.74) is 1.78. The molecule has 0 radical (unpaired) electrons. The second-order valence-corrected chi connectivity index (χ2v) is 7.08. The summed E-state index contributed by atoms with van der Waals surface area (Å²) in [5.74, 6) is -0.0601. The minimum absolute atomic E-state index is 0.155. The van der Waals surface area contributed by atoms with E-state index in [-0.39, 0.29) is 17.6 Å². The number of rotatable bonds is 0. The zero-order valence-corrected chi connectivity index (χ0v) is 10.1. The fourth-order valence-corrected chi connectivity index (χ4v) is 4.79. The molecule has 2 unspecified atom stereocenters. The maximum absolute atomic E-state index is 13.1. The molecule has 5 heteroatoms. The Bertz CT molecular complexity index is 556. The van der Waals surface area contributed by atoms with Gasteiger partial charge in [0.05, 0.1) is 11.0 Å². The van der Waals surface area contributed by atoms with Gasteiger partial charge in [-0.1, -0.05) is 6.07 Å². The van der Waals surface area contributed by atoms with E-state index in [0.717, 1.165) is 11.1 Å². The Kier molecular flexibility index (Phi) is 2.48. The highest BCUT2D eigenvalue weighted by molar-refractivity contribution is 7.92. The van der Waals surface area contributed by atoms with Gasteiger partial charge in [0.25, 0.3) is 0 Å². The third-order valence-electron chi connectivity index (χ3n) is 3.66. The maximum atomic E-state index is 13.1. The molecule has 1 N–H and O–H groups in total. The topological polar surface area (TPSA) is 46.2 Å². The highest BCUT2D eigenvalue weighted by atomic mass is 32.2. The third kappa shape index (κ3) is 1.77. The first-order valence-electron chi connectivity index (χ1n) is 5.81. The Morgan fingerprint density at radius 1 is 1.35 bits per heavy atom. The largest absolute Gasteiger partial charge is 0.309 e. The van der Waals surface area contributed by atoms with Gasteiger partial charge >= 0.3 is 0 Å². The molecule has 2 aliphatic rings. The first-order valence-corrected chi connectivity index (χ1v) is 7.53. The molecule has 3 nitrogen and oxygen atoms in total. The van der Waals surface area contributed by atoms with E-state index in [0.29, 0.717) is 19.4 Å². The van der Waals surface area contributed by atoms with E-state index in [4.69, 9.17) is 0 Å². The van der Waals surface area contributed by atoms with Crippen LogP contribution in [0.1, 0.15) is 23.6 Å². The lowest BCUT2D eigenvalue weighted by atomic mass is 10.1. The van der Waals surface area contributed by atoms with Crippen molar-refractivity contribution in [3.63, 3.8) is 0 Å². The quantitative estimate of drug-likeness (QED) is 0.757. The van der Waals surface area contributed by atoms with Gasteiger partial charge in [0, 0.05) is 6.04 Å². The first-order chi connectivity index (χ1) is 8.08. The number of hydrogen-bond acceptors (Lipinski definition) is 3. The van der Waals surface area contributed by atoms with Gasteiger partial charge in [-0.25, -0.2) is 12.8 Å². The van der Waals surface area contributed by atoms with Crippen molar-refractivity contribution < 1.29 is 12.8 Å². The number of nitrogens with one attached hydrogen (secondary N) is 1. The van der Waals surface area contributed by atoms with Gasteiger partial charge in [0.1, 0.15) is 5.82 Å². The van der Waals surface area contributed by atoms with Crippen LogP contribution in [0.3, 0.4) is 0 Å². The van der Waals surface area contributed by atoms with Crippen LogP contribution in [0.25, 0.3) is 0 Å². The van der Waals surface area contributed by atoms with E-state index in [9.17, 15) is 12.8 Å². The first kappa shape index (κ1) is 11.2. The molecule has 0 saturated carbocycles. The van der Waals surface area contributed by atoms with Crippen LogP contribution < -0.4 is 5.32 Å². The van der Waals surface area contributed by atoms with E-state index >= 15 is 0 Å². The number of sulfone groups is 1. The lowest BCUT2D eigenvalue weighted by Gasteiger charge is -2.17. The summed E-state index contributed by atoms with van der Waals surface area (Å²) >= 11 is 0. The van der Waals surface area contributed by atoms with E-state index in [1.165, 1.54) is 12.1 Å². The molecule has 0 amide bonds. The number of hydrogen-bond donors (Lipinski definition) is 1. The molecule has 1 aliphatic carbocycles. The van der Waals surface area contributed by atoms with E-state index in [1.54, 1.807) is 6.07 Å². The number of fused-ring (bicyclic) bond motifs is 3. The summed E-state index contributed by atoms with van der Waals surface area (Å²) in [5, 5.41) is 2.86. The molecule has 0 aromatic heterocycles. The molecule has 2 atom stereocenters. The van der Waals surface area contributed by atoms with Crippen molar-refractivity contribution in [3.8, 4) is 0 Å². The Balaban J connectivity index is 2.08. The Morgan fingerprint density at radius 2 is 2.18 bits per heavy atom. The lowest BCUT2D eigenvalue weighted by molar-refractivity contribution is 0.528. The molecular formula is C12H14FNO2S. The van der Waals surface area contributed by atoms with Gasteiger partial charge in [-0.05, 0) is 42.6 Å². The Morgan fingerprint density at radius 3 is 3.00 bits per heavy atom. The Labute approximate surface area is 100.0 Å². The highest BCUT2D eigenvalue weighted by Gasteiger charge is 2.41. The predicted octanol–water partition coefficient (Wildman–Crippen LogP) is 1.20. The second-order valence-electron chi connectivity index (χ2n) is 4.74. The summed E-state index contributed by atoms with van der Waals surface area (Å²) < 4.78 is 37.3. The molecule has 1 fully saturated rings. The van der Waals surface area contributed by atoms with Crippen molar-refractivity contribution in [1.82, 2.24) is 5.32 Å². The smallest absolute Gasteiger partial charge is 0.155 e.